The number of carbonyl (C=O) groups excluding carboxylic acids is 1. The van der Waals surface area contributed by atoms with Gasteiger partial charge < -0.3 is 10.4 Å². The Morgan fingerprint density at radius 3 is 2.70 bits per heavy atom. The summed E-state index contributed by atoms with van der Waals surface area (Å²) >= 11 is 0. The molecule has 3 N–H and O–H groups in total. The predicted molar refractivity (Wildman–Crippen MR) is 79.8 cm³/mol. The highest BCUT2D eigenvalue weighted by atomic mass is 32.2. The number of pyridine rings is 1. The van der Waals surface area contributed by atoms with Crippen molar-refractivity contribution in [3.8, 4) is 5.75 Å². The zero-order valence-electron chi connectivity index (χ0n) is 11.9. The van der Waals surface area contributed by atoms with Crippen LogP contribution in [0.1, 0.15) is 10.5 Å². The second-order valence-electron chi connectivity index (χ2n) is 4.48. The van der Waals surface area contributed by atoms with Crippen LogP contribution in [-0.4, -0.2) is 37.5 Å². The van der Waals surface area contributed by atoms with Crippen LogP contribution >= 0.6 is 0 Å². The van der Waals surface area contributed by atoms with Gasteiger partial charge in [0.2, 0.25) is 10.0 Å². The molecule has 0 saturated carbocycles. The van der Waals surface area contributed by atoms with E-state index in [4.69, 9.17) is 0 Å². The highest BCUT2D eigenvalue weighted by Crippen LogP contribution is 2.12. The summed E-state index contributed by atoms with van der Waals surface area (Å²) < 4.78 is 39.1. The van der Waals surface area contributed by atoms with Crippen molar-refractivity contribution in [1.82, 2.24) is 15.0 Å². The number of rotatable bonds is 6. The van der Waals surface area contributed by atoms with Crippen molar-refractivity contribution in [3.63, 3.8) is 0 Å². The second kappa shape index (κ2) is 7.16. The van der Waals surface area contributed by atoms with Crippen molar-refractivity contribution in [1.29, 1.82) is 0 Å². The molecule has 0 spiro atoms. The molecule has 0 aliphatic rings. The van der Waals surface area contributed by atoms with Gasteiger partial charge in [0.15, 0.2) is 5.69 Å². The van der Waals surface area contributed by atoms with Crippen LogP contribution in [0.2, 0.25) is 0 Å². The van der Waals surface area contributed by atoms with Gasteiger partial charge >= 0.3 is 0 Å². The van der Waals surface area contributed by atoms with E-state index in [2.05, 4.69) is 15.0 Å². The molecule has 2 rings (SSSR count). The molecule has 122 valence electrons. The van der Waals surface area contributed by atoms with Crippen molar-refractivity contribution in [2.45, 2.75) is 4.90 Å². The number of aromatic hydroxyl groups is 1. The molecule has 0 aliphatic carbocycles. The van der Waals surface area contributed by atoms with E-state index in [1.807, 2.05) is 0 Å². The molecule has 0 radical (unpaired) electrons. The Kier molecular flexibility index (Phi) is 5.24. The Bertz CT molecular complexity index is 811. The van der Waals surface area contributed by atoms with E-state index in [0.717, 1.165) is 12.1 Å². The number of nitrogens with one attached hydrogen (secondary N) is 2. The molecule has 1 amide bonds. The summed E-state index contributed by atoms with van der Waals surface area (Å²) in [6, 6.07) is 7.37. The quantitative estimate of drug-likeness (QED) is 0.669. The van der Waals surface area contributed by atoms with Crippen LogP contribution in [0.15, 0.2) is 47.5 Å². The smallest absolute Gasteiger partial charge is 0.273 e. The van der Waals surface area contributed by atoms with Crippen molar-refractivity contribution in [2.24, 2.45) is 0 Å². The van der Waals surface area contributed by atoms with Crippen molar-refractivity contribution >= 4 is 15.9 Å². The lowest BCUT2D eigenvalue weighted by atomic mass is 10.3. The van der Waals surface area contributed by atoms with E-state index in [-0.39, 0.29) is 29.4 Å². The number of aromatic nitrogens is 1. The Labute approximate surface area is 132 Å². The van der Waals surface area contributed by atoms with Gasteiger partial charge in [0.25, 0.3) is 5.91 Å². The molecule has 1 heterocycles. The average Bonchev–Trinajstić information content (AvgIpc) is 2.52. The van der Waals surface area contributed by atoms with E-state index in [9.17, 15) is 22.7 Å². The van der Waals surface area contributed by atoms with Gasteiger partial charge in [-0.25, -0.2) is 22.5 Å². The van der Waals surface area contributed by atoms with E-state index in [1.54, 1.807) is 0 Å². The normalized spacial score (nSPS) is 11.2. The van der Waals surface area contributed by atoms with Crippen LogP contribution in [0.3, 0.4) is 0 Å². The number of hydrogen-bond donors (Lipinski definition) is 3. The maximum atomic E-state index is 13.0. The summed E-state index contributed by atoms with van der Waals surface area (Å²) in [5, 5.41) is 11.9. The Balaban J connectivity index is 1.88. The number of hydrogen-bond acceptors (Lipinski definition) is 5. The first-order valence-electron chi connectivity index (χ1n) is 6.57. The van der Waals surface area contributed by atoms with Crippen LogP contribution < -0.4 is 10.0 Å². The highest BCUT2D eigenvalue weighted by molar-refractivity contribution is 7.89. The molecule has 23 heavy (non-hydrogen) atoms. The van der Waals surface area contributed by atoms with Crippen molar-refractivity contribution < 1.29 is 22.7 Å². The van der Waals surface area contributed by atoms with Crippen LogP contribution in [-0.2, 0) is 10.0 Å². The zero-order valence-corrected chi connectivity index (χ0v) is 12.7. The second-order valence-corrected chi connectivity index (χ2v) is 6.25. The summed E-state index contributed by atoms with van der Waals surface area (Å²) in [5.41, 5.74) is -0.152. The largest absolute Gasteiger partial charge is 0.505 e. The maximum absolute atomic E-state index is 13.0. The fourth-order valence-corrected chi connectivity index (χ4v) is 2.80. The van der Waals surface area contributed by atoms with E-state index in [1.165, 1.54) is 30.5 Å². The first-order valence-corrected chi connectivity index (χ1v) is 8.06. The molecule has 0 aliphatic heterocycles. The van der Waals surface area contributed by atoms with Gasteiger partial charge in [-0.3, -0.25) is 4.79 Å². The number of halogens is 1. The zero-order chi connectivity index (χ0) is 16.9. The Morgan fingerprint density at radius 2 is 2.00 bits per heavy atom. The molecular formula is C14H14FN3O4S. The van der Waals surface area contributed by atoms with E-state index < -0.39 is 21.7 Å². The van der Waals surface area contributed by atoms with Crippen molar-refractivity contribution in [3.05, 3.63) is 54.1 Å². The molecule has 2 aromatic rings. The van der Waals surface area contributed by atoms with Crippen LogP contribution in [0.25, 0.3) is 0 Å². The molecule has 0 atom stereocenters. The SMILES string of the molecule is O=C(NCCNS(=O)(=O)c1cccc(F)c1)c1ncccc1O. The fourth-order valence-electron chi connectivity index (χ4n) is 1.73. The third-order valence-electron chi connectivity index (χ3n) is 2.81. The van der Waals surface area contributed by atoms with E-state index >= 15 is 0 Å². The number of nitrogens with zero attached hydrogens (tertiary/aromatic N) is 1. The van der Waals surface area contributed by atoms with Gasteiger partial charge in [-0.05, 0) is 30.3 Å². The van der Waals surface area contributed by atoms with Crippen LogP contribution in [0.4, 0.5) is 4.39 Å². The highest BCUT2D eigenvalue weighted by Gasteiger charge is 2.15. The molecule has 0 fully saturated rings. The first-order chi connectivity index (χ1) is 10.9. The third kappa shape index (κ3) is 4.47. The lowest BCUT2D eigenvalue weighted by Gasteiger charge is -2.08. The Morgan fingerprint density at radius 1 is 1.22 bits per heavy atom. The van der Waals surface area contributed by atoms with E-state index in [0.29, 0.717) is 0 Å². The minimum Gasteiger partial charge on any atom is -0.505 e. The van der Waals surface area contributed by atoms with Gasteiger partial charge in [-0.15, -0.1) is 0 Å². The maximum Gasteiger partial charge on any atom is 0.273 e. The van der Waals surface area contributed by atoms with Crippen molar-refractivity contribution in [2.75, 3.05) is 13.1 Å². The van der Waals surface area contributed by atoms with Gasteiger partial charge in [0.05, 0.1) is 4.90 Å². The minimum absolute atomic E-state index is 0.0244. The standard InChI is InChI=1S/C14H14FN3O4S/c15-10-3-1-4-11(9-10)23(21,22)18-8-7-17-14(20)13-12(19)5-2-6-16-13/h1-6,9,18-19H,7-8H2,(H,17,20). The monoisotopic (exact) mass is 339 g/mol. The minimum atomic E-state index is -3.86. The summed E-state index contributed by atoms with van der Waals surface area (Å²) in [7, 11) is -3.86. The van der Waals surface area contributed by atoms with Crippen LogP contribution in [0.5, 0.6) is 5.75 Å². The summed E-state index contributed by atoms with van der Waals surface area (Å²) in [5.74, 6) is -1.56. The lowest BCUT2D eigenvalue weighted by molar-refractivity contribution is 0.0946. The molecule has 0 saturated heterocycles. The first kappa shape index (κ1) is 16.8. The third-order valence-corrected chi connectivity index (χ3v) is 4.27. The molecule has 7 nitrogen and oxygen atoms in total. The Hall–Kier alpha value is -2.52. The van der Waals surface area contributed by atoms with Gasteiger partial charge in [0.1, 0.15) is 11.6 Å². The van der Waals surface area contributed by atoms with Gasteiger partial charge in [0, 0.05) is 19.3 Å². The number of benzene rings is 1. The predicted octanol–water partition coefficient (Wildman–Crippen LogP) is 0.635. The van der Waals surface area contributed by atoms with Gasteiger partial charge in [-0.2, -0.15) is 0 Å². The number of amides is 1. The molecule has 9 heteroatoms. The number of sulfonamides is 1. The molecule has 1 aromatic heterocycles. The lowest BCUT2D eigenvalue weighted by Crippen LogP contribution is -2.35. The summed E-state index contributed by atoms with van der Waals surface area (Å²) in [4.78, 5) is 15.3. The topological polar surface area (TPSA) is 108 Å². The van der Waals surface area contributed by atoms with Gasteiger partial charge in [-0.1, -0.05) is 6.07 Å². The summed E-state index contributed by atoms with van der Waals surface area (Å²) in [6.45, 7) is -0.123. The average molecular weight is 339 g/mol. The number of carbonyl (C=O) groups is 1. The molecular weight excluding hydrogens is 325 g/mol. The fraction of sp³-hybridized carbons (Fsp3) is 0.143. The summed E-state index contributed by atoms with van der Waals surface area (Å²) in [6.07, 6.45) is 1.35. The molecule has 1 aromatic carbocycles. The molecule has 0 unspecified atom stereocenters. The van der Waals surface area contributed by atoms with Crippen LogP contribution in [0, 0.1) is 5.82 Å². The molecule has 0 bridgehead atoms.